The number of carbonyl (C=O) groups excluding carboxylic acids is 3. The van der Waals surface area contributed by atoms with Crippen LogP contribution in [-0.4, -0.2) is 41.9 Å². The molecule has 31 heavy (non-hydrogen) atoms. The minimum Gasteiger partial charge on any atom is -0.496 e. The zero-order valence-electron chi connectivity index (χ0n) is 17.8. The second-order valence-electron chi connectivity index (χ2n) is 7.24. The molecule has 164 valence electrons. The molecule has 2 aromatic rings. The van der Waals surface area contributed by atoms with Gasteiger partial charge in [0.1, 0.15) is 17.9 Å². The largest absolute Gasteiger partial charge is 0.496 e. The molecule has 2 rings (SSSR count). The minimum absolute atomic E-state index is 0.0502. The normalized spacial score (nSPS) is 10.7. The Morgan fingerprint density at radius 3 is 2.29 bits per heavy atom. The molecule has 0 saturated carbocycles. The lowest BCUT2D eigenvalue weighted by Gasteiger charge is -2.29. The summed E-state index contributed by atoms with van der Waals surface area (Å²) in [6, 6.07) is 15.2. The van der Waals surface area contributed by atoms with Gasteiger partial charge in [0.25, 0.3) is 0 Å². The van der Waals surface area contributed by atoms with Gasteiger partial charge in [-0.2, -0.15) is 0 Å². The van der Waals surface area contributed by atoms with Gasteiger partial charge in [0.2, 0.25) is 0 Å². The summed E-state index contributed by atoms with van der Waals surface area (Å²) in [4.78, 5) is 39.1. The Morgan fingerprint density at radius 1 is 1.06 bits per heavy atom. The molecule has 0 atom stereocenters. The van der Waals surface area contributed by atoms with Crippen LogP contribution in [-0.2, 0) is 16.1 Å². The Kier molecular flexibility index (Phi) is 8.27. The molecule has 0 saturated heterocycles. The molecular weight excluding hydrogens is 416 g/mol. The van der Waals surface area contributed by atoms with Crippen molar-refractivity contribution in [3.8, 4) is 5.75 Å². The average molecular weight is 443 g/mol. The van der Waals surface area contributed by atoms with E-state index in [4.69, 9.17) is 9.47 Å². The lowest BCUT2D eigenvalue weighted by molar-refractivity contribution is -0.151. The van der Waals surface area contributed by atoms with Gasteiger partial charge >= 0.3 is 12.0 Å². The summed E-state index contributed by atoms with van der Waals surface area (Å²) in [5.41, 5.74) is -0.203. The van der Waals surface area contributed by atoms with Crippen molar-refractivity contribution in [2.24, 2.45) is 0 Å². The fourth-order valence-electron chi connectivity index (χ4n) is 2.67. The van der Waals surface area contributed by atoms with Crippen molar-refractivity contribution < 1.29 is 23.9 Å². The van der Waals surface area contributed by atoms with Crippen molar-refractivity contribution in [2.75, 3.05) is 13.7 Å². The number of amides is 2. The molecule has 0 aliphatic rings. The van der Waals surface area contributed by atoms with E-state index < -0.39 is 17.5 Å². The molecule has 0 spiro atoms. The highest BCUT2D eigenvalue weighted by Gasteiger charge is 2.34. The number of esters is 1. The molecule has 0 aromatic heterocycles. The van der Waals surface area contributed by atoms with Gasteiger partial charge in [-0.15, -0.1) is 12.6 Å². The third-order valence-corrected chi connectivity index (χ3v) is 4.65. The number of carbonyl (C=O) groups is 3. The first-order valence-electron chi connectivity index (χ1n) is 9.50. The van der Waals surface area contributed by atoms with Crippen molar-refractivity contribution in [1.82, 2.24) is 10.2 Å². The first-order valence-corrected chi connectivity index (χ1v) is 9.95. The van der Waals surface area contributed by atoms with Gasteiger partial charge in [-0.3, -0.25) is 9.69 Å². The summed E-state index contributed by atoms with van der Waals surface area (Å²) in [7, 11) is 1.46. The molecule has 2 aromatic carbocycles. The Labute approximate surface area is 187 Å². The van der Waals surface area contributed by atoms with Gasteiger partial charge in [0.15, 0.2) is 5.78 Å². The van der Waals surface area contributed by atoms with Gasteiger partial charge in [-0.05, 0) is 31.5 Å². The lowest BCUT2D eigenvalue weighted by Crippen LogP contribution is -2.55. The van der Waals surface area contributed by atoms with Gasteiger partial charge < -0.3 is 14.8 Å². The van der Waals surface area contributed by atoms with Crippen LogP contribution in [0.5, 0.6) is 5.75 Å². The summed E-state index contributed by atoms with van der Waals surface area (Å²) >= 11 is 4.13. The van der Waals surface area contributed by atoms with E-state index in [1.165, 1.54) is 21.0 Å². The summed E-state index contributed by atoms with van der Waals surface area (Å²) in [6.45, 7) is 6.42. The average Bonchev–Trinajstić information content (AvgIpc) is 2.75. The summed E-state index contributed by atoms with van der Waals surface area (Å²) in [6.07, 6.45) is 0. The third kappa shape index (κ3) is 6.62. The maximum atomic E-state index is 12.8. The Balaban J connectivity index is 2.05. The van der Waals surface area contributed by atoms with Crippen LogP contribution in [0.15, 0.2) is 66.2 Å². The number of thiol groups is 1. The smallest absolute Gasteiger partial charge is 0.331 e. The molecule has 0 aliphatic heterocycles. The number of ether oxygens (including phenoxy) is 2. The van der Waals surface area contributed by atoms with E-state index >= 15 is 0 Å². The number of hydrogen-bond acceptors (Lipinski definition) is 6. The van der Waals surface area contributed by atoms with Gasteiger partial charge in [0.05, 0.1) is 24.2 Å². The van der Waals surface area contributed by atoms with E-state index in [2.05, 4.69) is 24.5 Å². The molecule has 0 radical (unpaired) electrons. The predicted molar refractivity (Wildman–Crippen MR) is 121 cm³/mol. The minimum atomic E-state index is -1.35. The molecular formula is C23H26N2O5S. The Bertz CT molecular complexity index is 959. The number of benzene rings is 2. The maximum Gasteiger partial charge on any atom is 0.331 e. The number of methoxy groups -OCH3 is 1. The number of urea groups is 1. The van der Waals surface area contributed by atoms with Gasteiger partial charge in [-0.1, -0.05) is 49.0 Å². The van der Waals surface area contributed by atoms with Crippen molar-refractivity contribution in [2.45, 2.75) is 26.0 Å². The number of nitrogens with one attached hydrogen (secondary N) is 1. The second-order valence-corrected chi connectivity index (χ2v) is 7.76. The molecule has 7 nitrogen and oxygen atoms in total. The zero-order valence-corrected chi connectivity index (χ0v) is 18.6. The standard InChI is InChI=1S/C23H26N2O5S/c1-16(31)25(14-19(26)18-12-8-9-13-20(18)29-4)22(28)24-23(2,3)21(27)30-15-17-10-6-5-7-11-17/h5-13,31H,1,14-15H2,2-4H3,(H,24,28). The van der Waals surface area contributed by atoms with Crippen LogP contribution in [0.25, 0.3) is 0 Å². The molecule has 8 heteroatoms. The zero-order chi connectivity index (χ0) is 23.0. The van der Waals surface area contributed by atoms with Gasteiger partial charge in [0, 0.05) is 0 Å². The first-order chi connectivity index (χ1) is 14.7. The van der Waals surface area contributed by atoms with E-state index in [1.807, 2.05) is 30.3 Å². The van der Waals surface area contributed by atoms with Crippen LogP contribution in [0.3, 0.4) is 0 Å². The van der Waals surface area contributed by atoms with Crippen LogP contribution < -0.4 is 10.1 Å². The quantitative estimate of drug-likeness (QED) is 0.350. The SMILES string of the molecule is C=C(S)N(CC(=O)c1ccccc1OC)C(=O)NC(C)(C)C(=O)OCc1ccccc1. The van der Waals surface area contributed by atoms with E-state index in [0.717, 1.165) is 10.5 Å². The number of para-hydroxylation sites is 1. The number of hydrogen-bond donors (Lipinski definition) is 2. The number of rotatable bonds is 9. The number of Topliss-reactive ketones (excluding diaryl/α,β-unsaturated/α-hetero) is 1. The molecule has 0 bridgehead atoms. The summed E-state index contributed by atoms with van der Waals surface area (Å²) in [5, 5.41) is 2.63. The van der Waals surface area contributed by atoms with Crippen molar-refractivity contribution in [3.05, 3.63) is 77.3 Å². The lowest BCUT2D eigenvalue weighted by atomic mass is 10.1. The van der Waals surface area contributed by atoms with Crippen LogP contribution in [0.1, 0.15) is 29.8 Å². The maximum absolute atomic E-state index is 12.8. The van der Waals surface area contributed by atoms with Crippen molar-refractivity contribution >= 4 is 30.4 Å². The van der Waals surface area contributed by atoms with E-state index in [0.29, 0.717) is 11.3 Å². The fraction of sp³-hybridized carbons (Fsp3) is 0.261. The first kappa shape index (κ1) is 24.0. The highest BCUT2D eigenvalue weighted by Crippen LogP contribution is 2.20. The summed E-state index contributed by atoms with van der Waals surface area (Å²) in [5.74, 6) is -0.597. The van der Waals surface area contributed by atoms with E-state index in [-0.39, 0.29) is 24.0 Å². The second kappa shape index (κ2) is 10.7. The molecule has 0 aliphatic carbocycles. The van der Waals surface area contributed by atoms with Crippen LogP contribution in [0.2, 0.25) is 0 Å². The van der Waals surface area contributed by atoms with E-state index in [1.54, 1.807) is 24.3 Å². The van der Waals surface area contributed by atoms with Crippen molar-refractivity contribution in [3.63, 3.8) is 0 Å². The third-order valence-electron chi connectivity index (χ3n) is 4.41. The topological polar surface area (TPSA) is 84.9 Å². The predicted octanol–water partition coefficient (Wildman–Crippen LogP) is 3.81. The molecule has 1 N–H and O–H groups in total. The van der Waals surface area contributed by atoms with Crippen LogP contribution in [0, 0.1) is 0 Å². The van der Waals surface area contributed by atoms with Gasteiger partial charge in [-0.25, -0.2) is 9.59 Å². The highest BCUT2D eigenvalue weighted by atomic mass is 32.1. The monoisotopic (exact) mass is 442 g/mol. The number of ketones is 1. The van der Waals surface area contributed by atoms with Crippen LogP contribution >= 0.6 is 12.6 Å². The molecule has 2 amide bonds. The van der Waals surface area contributed by atoms with Crippen molar-refractivity contribution in [1.29, 1.82) is 0 Å². The Morgan fingerprint density at radius 2 is 1.68 bits per heavy atom. The highest BCUT2D eigenvalue weighted by molar-refractivity contribution is 7.84. The van der Waals surface area contributed by atoms with Crippen LogP contribution in [0.4, 0.5) is 4.79 Å². The van der Waals surface area contributed by atoms with E-state index in [9.17, 15) is 14.4 Å². The summed E-state index contributed by atoms with van der Waals surface area (Å²) < 4.78 is 10.5. The number of nitrogens with zero attached hydrogens (tertiary/aromatic N) is 1. The molecule has 0 heterocycles. The fourth-order valence-corrected chi connectivity index (χ4v) is 2.83. The Hall–Kier alpha value is -3.26. The molecule has 0 unspecified atom stereocenters. The molecule has 0 fully saturated rings.